The number of likely N-dealkylation sites (N-methyl/N-ethyl adjacent to an activating group) is 1. The standard InChI is InChI=1S/C22H26ClN3O3S2/c1-15-5-10-19-21(16(15)2)24-22(30-19)26(13-12-25(3)4)20(27)11-14-31(28,29)18-8-6-17(23)7-9-18/h5-10H,11-14H2,1-4H3. The van der Waals surface area contributed by atoms with Crippen molar-refractivity contribution < 1.29 is 13.2 Å². The number of anilines is 1. The van der Waals surface area contributed by atoms with Gasteiger partial charge in [-0.1, -0.05) is 29.0 Å². The van der Waals surface area contributed by atoms with Crippen LogP contribution in [-0.2, 0) is 14.6 Å². The van der Waals surface area contributed by atoms with Gasteiger partial charge in [-0.05, 0) is 69.4 Å². The fourth-order valence-corrected chi connectivity index (χ4v) is 5.50. The molecule has 0 unspecified atom stereocenters. The number of nitrogens with zero attached hydrogens (tertiary/aromatic N) is 3. The van der Waals surface area contributed by atoms with Crippen molar-refractivity contribution in [1.82, 2.24) is 9.88 Å². The number of rotatable bonds is 8. The third kappa shape index (κ3) is 5.63. The van der Waals surface area contributed by atoms with Crippen molar-refractivity contribution in [2.24, 2.45) is 0 Å². The minimum atomic E-state index is -3.59. The van der Waals surface area contributed by atoms with E-state index in [1.165, 1.54) is 35.6 Å². The molecule has 1 amide bonds. The number of fused-ring (bicyclic) bond motifs is 1. The Morgan fingerprint density at radius 2 is 1.74 bits per heavy atom. The second kappa shape index (κ2) is 9.65. The van der Waals surface area contributed by atoms with Gasteiger partial charge >= 0.3 is 0 Å². The van der Waals surface area contributed by atoms with Crippen LogP contribution in [-0.4, -0.2) is 57.1 Å². The zero-order chi connectivity index (χ0) is 22.8. The van der Waals surface area contributed by atoms with Gasteiger partial charge in [-0.3, -0.25) is 9.69 Å². The average molecular weight is 480 g/mol. The molecule has 3 aromatic rings. The van der Waals surface area contributed by atoms with Gasteiger partial charge < -0.3 is 4.90 Å². The molecule has 166 valence electrons. The van der Waals surface area contributed by atoms with Crippen molar-refractivity contribution in [2.75, 3.05) is 37.8 Å². The highest BCUT2D eigenvalue weighted by Gasteiger charge is 2.23. The summed E-state index contributed by atoms with van der Waals surface area (Å²) >= 11 is 7.30. The fraction of sp³-hybridized carbons (Fsp3) is 0.364. The lowest BCUT2D eigenvalue weighted by atomic mass is 10.1. The quantitative estimate of drug-likeness (QED) is 0.481. The number of benzene rings is 2. The fourth-order valence-electron chi connectivity index (χ4n) is 3.07. The first-order valence-electron chi connectivity index (χ1n) is 9.88. The molecule has 0 N–H and O–H groups in total. The van der Waals surface area contributed by atoms with E-state index < -0.39 is 9.84 Å². The Bertz CT molecular complexity index is 1190. The van der Waals surface area contributed by atoms with Crippen LogP contribution in [0.3, 0.4) is 0 Å². The predicted octanol–water partition coefficient (Wildman–Crippen LogP) is 4.33. The highest BCUT2D eigenvalue weighted by atomic mass is 35.5. The molecule has 31 heavy (non-hydrogen) atoms. The number of hydrogen-bond acceptors (Lipinski definition) is 6. The first-order valence-corrected chi connectivity index (χ1v) is 12.7. The van der Waals surface area contributed by atoms with Crippen molar-refractivity contribution in [3.05, 3.63) is 52.5 Å². The Labute approximate surface area is 192 Å². The number of amides is 1. The predicted molar refractivity (Wildman–Crippen MR) is 128 cm³/mol. The molecule has 9 heteroatoms. The van der Waals surface area contributed by atoms with Gasteiger partial charge in [-0.2, -0.15) is 0 Å². The molecule has 0 fully saturated rings. The van der Waals surface area contributed by atoms with Crippen LogP contribution in [0.25, 0.3) is 10.2 Å². The van der Waals surface area contributed by atoms with Gasteiger partial charge in [-0.15, -0.1) is 0 Å². The highest BCUT2D eigenvalue weighted by molar-refractivity contribution is 7.91. The van der Waals surface area contributed by atoms with Crippen LogP contribution < -0.4 is 4.90 Å². The average Bonchev–Trinajstić information content (AvgIpc) is 3.14. The van der Waals surface area contributed by atoms with Gasteiger partial charge in [0, 0.05) is 24.5 Å². The molecule has 0 radical (unpaired) electrons. The molecule has 0 aliphatic carbocycles. The lowest BCUT2D eigenvalue weighted by Crippen LogP contribution is -2.37. The summed E-state index contributed by atoms with van der Waals surface area (Å²) in [5.74, 6) is -0.526. The number of carbonyl (C=O) groups excluding carboxylic acids is 1. The van der Waals surface area contributed by atoms with E-state index in [1.807, 2.05) is 45.0 Å². The molecule has 2 aromatic carbocycles. The van der Waals surface area contributed by atoms with Crippen molar-refractivity contribution in [3.63, 3.8) is 0 Å². The molecular formula is C22H26ClN3O3S2. The van der Waals surface area contributed by atoms with Crippen LogP contribution >= 0.6 is 22.9 Å². The zero-order valence-corrected chi connectivity index (χ0v) is 20.4. The number of thiazole rings is 1. The Balaban J connectivity index is 1.84. The number of aromatic nitrogens is 1. The maximum Gasteiger partial charge on any atom is 0.229 e. The zero-order valence-electron chi connectivity index (χ0n) is 18.1. The molecule has 0 saturated heterocycles. The van der Waals surface area contributed by atoms with Crippen LogP contribution in [0, 0.1) is 13.8 Å². The van der Waals surface area contributed by atoms with Crippen molar-refractivity contribution in [2.45, 2.75) is 25.2 Å². The minimum absolute atomic E-state index is 0.119. The van der Waals surface area contributed by atoms with Crippen molar-refractivity contribution >= 4 is 54.0 Å². The Kier molecular flexibility index (Phi) is 7.36. The molecule has 1 aromatic heterocycles. The Hall–Kier alpha value is -2.00. The van der Waals surface area contributed by atoms with E-state index in [-0.39, 0.29) is 23.0 Å². The lowest BCUT2D eigenvalue weighted by Gasteiger charge is -2.22. The summed E-state index contributed by atoms with van der Waals surface area (Å²) in [5, 5.41) is 1.06. The van der Waals surface area contributed by atoms with Gasteiger partial charge in [0.25, 0.3) is 0 Å². The largest absolute Gasteiger partial charge is 0.308 e. The number of hydrogen-bond donors (Lipinski definition) is 0. The van der Waals surface area contributed by atoms with E-state index in [2.05, 4.69) is 0 Å². The topological polar surface area (TPSA) is 70.6 Å². The highest BCUT2D eigenvalue weighted by Crippen LogP contribution is 2.32. The van der Waals surface area contributed by atoms with Crippen LogP contribution in [0.2, 0.25) is 5.02 Å². The molecule has 0 aliphatic heterocycles. The SMILES string of the molecule is Cc1ccc2sc(N(CCN(C)C)C(=O)CCS(=O)(=O)c3ccc(Cl)cc3)nc2c1C. The summed E-state index contributed by atoms with van der Waals surface area (Å²) in [6.45, 7) is 5.13. The van der Waals surface area contributed by atoms with E-state index in [9.17, 15) is 13.2 Å². The lowest BCUT2D eigenvalue weighted by molar-refractivity contribution is -0.118. The van der Waals surface area contributed by atoms with E-state index >= 15 is 0 Å². The number of carbonyl (C=O) groups is 1. The summed E-state index contributed by atoms with van der Waals surface area (Å²) in [7, 11) is 0.271. The van der Waals surface area contributed by atoms with Crippen LogP contribution in [0.1, 0.15) is 17.5 Å². The maximum atomic E-state index is 13.1. The second-order valence-corrected chi connectivity index (χ2v) is 11.3. The third-order valence-electron chi connectivity index (χ3n) is 5.13. The van der Waals surface area contributed by atoms with E-state index in [0.29, 0.717) is 23.2 Å². The van der Waals surface area contributed by atoms with Crippen LogP contribution in [0.15, 0.2) is 41.3 Å². The third-order valence-corrected chi connectivity index (χ3v) is 8.16. The Morgan fingerprint density at radius 1 is 1.06 bits per heavy atom. The van der Waals surface area contributed by atoms with E-state index in [0.717, 1.165) is 21.3 Å². The van der Waals surface area contributed by atoms with E-state index in [1.54, 1.807) is 4.90 Å². The summed E-state index contributed by atoms with van der Waals surface area (Å²) in [6, 6.07) is 10.0. The monoisotopic (exact) mass is 479 g/mol. The molecule has 1 heterocycles. The van der Waals surface area contributed by atoms with Gasteiger partial charge in [0.15, 0.2) is 15.0 Å². The molecular weight excluding hydrogens is 454 g/mol. The number of halogens is 1. The molecule has 6 nitrogen and oxygen atoms in total. The first kappa shape index (κ1) is 23.7. The molecule has 0 saturated carbocycles. The van der Waals surface area contributed by atoms with Crippen LogP contribution in [0.5, 0.6) is 0 Å². The van der Waals surface area contributed by atoms with E-state index in [4.69, 9.17) is 16.6 Å². The van der Waals surface area contributed by atoms with Gasteiger partial charge in [0.1, 0.15) is 0 Å². The van der Waals surface area contributed by atoms with Gasteiger partial charge in [0.05, 0.1) is 20.9 Å². The summed E-state index contributed by atoms with van der Waals surface area (Å²) in [6.07, 6.45) is -0.119. The minimum Gasteiger partial charge on any atom is -0.308 e. The normalized spacial score (nSPS) is 11.9. The molecule has 0 spiro atoms. The smallest absolute Gasteiger partial charge is 0.229 e. The van der Waals surface area contributed by atoms with Gasteiger partial charge in [0.2, 0.25) is 5.91 Å². The second-order valence-electron chi connectivity index (χ2n) is 7.72. The maximum absolute atomic E-state index is 13.1. The van der Waals surface area contributed by atoms with Gasteiger partial charge in [-0.25, -0.2) is 13.4 Å². The first-order chi connectivity index (χ1) is 14.6. The molecule has 0 bridgehead atoms. The Morgan fingerprint density at radius 3 is 2.39 bits per heavy atom. The number of sulfone groups is 1. The van der Waals surface area contributed by atoms with Crippen molar-refractivity contribution in [3.8, 4) is 0 Å². The molecule has 0 atom stereocenters. The number of aryl methyl sites for hydroxylation is 2. The summed E-state index contributed by atoms with van der Waals surface area (Å²) in [4.78, 5) is 21.6. The summed E-state index contributed by atoms with van der Waals surface area (Å²) in [5.41, 5.74) is 3.12. The van der Waals surface area contributed by atoms with Crippen LogP contribution in [0.4, 0.5) is 5.13 Å². The molecule has 3 rings (SSSR count). The molecule has 0 aliphatic rings. The van der Waals surface area contributed by atoms with Crippen molar-refractivity contribution in [1.29, 1.82) is 0 Å². The summed E-state index contributed by atoms with van der Waals surface area (Å²) < 4.78 is 26.3.